The molecule has 4 nitrogen and oxygen atoms in total. The highest BCUT2D eigenvalue weighted by atomic mass is 79.9. The number of halogens is 1. The van der Waals surface area contributed by atoms with Crippen LogP contribution in [0.15, 0.2) is 46.9 Å². The van der Waals surface area contributed by atoms with Gasteiger partial charge in [0.1, 0.15) is 0 Å². The molecule has 0 amide bonds. The summed E-state index contributed by atoms with van der Waals surface area (Å²) in [4.78, 5) is 0. The van der Waals surface area contributed by atoms with Crippen LogP contribution in [0.1, 0.15) is 28.1 Å². The first-order valence-electron chi connectivity index (χ1n) is 8.78. The van der Waals surface area contributed by atoms with Crippen LogP contribution in [-0.4, -0.2) is 14.9 Å². The van der Waals surface area contributed by atoms with Crippen LogP contribution < -0.4 is 10.6 Å². The van der Waals surface area contributed by atoms with Crippen LogP contribution in [0.3, 0.4) is 0 Å². The number of nitrogens with zero attached hydrogens (tertiary/aromatic N) is 2. The van der Waals surface area contributed by atoms with Gasteiger partial charge in [-0.3, -0.25) is 4.68 Å². The van der Waals surface area contributed by atoms with Crippen molar-refractivity contribution >= 4 is 44.6 Å². The molecule has 0 saturated carbocycles. The minimum Gasteiger partial charge on any atom is -0.332 e. The average Bonchev–Trinajstić information content (AvgIpc) is 2.86. The van der Waals surface area contributed by atoms with Crippen LogP contribution >= 0.6 is 28.1 Å². The summed E-state index contributed by atoms with van der Waals surface area (Å²) >= 11 is 9.07. The van der Waals surface area contributed by atoms with E-state index in [4.69, 9.17) is 12.2 Å². The zero-order valence-electron chi connectivity index (χ0n) is 15.9. The molecular weight excluding hydrogens is 420 g/mol. The Morgan fingerprint density at radius 1 is 1.07 bits per heavy atom. The van der Waals surface area contributed by atoms with Gasteiger partial charge in [0.2, 0.25) is 0 Å². The zero-order valence-corrected chi connectivity index (χ0v) is 18.3. The minimum absolute atomic E-state index is 0.578. The van der Waals surface area contributed by atoms with Gasteiger partial charge in [0, 0.05) is 11.4 Å². The smallest absolute Gasteiger partial charge is 0.175 e. The topological polar surface area (TPSA) is 41.9 Å². The van der Waals surface area contributed by atoms with Gasteiger partial charge < -0.3 is 10.6 Å². The summed E-state index contributed by atoms with van der Waals surface area (Å²) in [5.41, 5.74) is 7.70. The van der Waals surface area contributed by atoms with Gasteiger partial charge in [0.05, 0.1) is 22.4 Å². The molecule has 0 aliphatic rings. The fraction of sp³-hybridized carbons (Fsp3) is 0.238. The van der Waals surface area contributed by atoms with Gasteiger partial charge in [0.15, 0.2) is 5.11 Å². The lowest BCUT2D eigenvalue weighted by molar-refractivity contribution is 0.659. The third-order valence-electron chi connectivity index (χ3n) is 4.66. The van der Waals surface area contributed by atoms with Crippen molar-refractivity contribution < 1.29 is 0 Å². The first kappa shape index (κ1) is 19.6. The molecule has 2 aromatic carbocycles. The maximum atomic E-state index is 5.49. The Kier molecular flexibility index (Phi) is 5.97. The molecule has 0 bridgehead atoms. The molecule has 1 aromatic heterocycles. The van der Waals surface area contributed by atoms with E-state index in [2.05, 4.69) is 70.6 Å². The predicted octanol–water partition coefficient (Wildman–Crippen LogP) is 5.74. The summed E-state index contributed by atoms with van der Waals surface area (Å²) in [7, 11) is 0. The van der Waals surface area contributed by atoms with Gasteiger partial charge >= 0.3 is 0 Å². The fourth-order valence-corrected chi connectivity index (χ4v) is 3.43. The number of aromatic nitrogens is 2. The van der Waals surface area contributed by atoms with Gasteiger partial charge in [-0.2, -0.15) is 5.10 Å². The Hall–Kier alpha value is -2.18. The monoisotopic (exact) mass is 442 g/mol. The lowest BCUT2D eigenvalue weighted by Crippen LogP contribution is -2.20. The molecule has 0 unspecified atom stereocenters. The molecule has 6 heteroatoms. The van der Waals surface area contributed by atoms with Crippen molar-refractivity contribution in [3.05, 3.63) is 75.0 Å². The van der Waals surface area contributed by atoms with E-state index < -0.39 is 0 Å². The van der Waals surface area contributed by atoms with E-state index in [1.54, 1.807) is 0 Å². The minimum atomic E-state index is 0.578. The van der Waals surface area contributed by atoms with E-state index in [0.29, 0.717) is 11.7 Å². The molecule has 0 radical (unpaired) electrons. The lowest BCUT2D eigenvalue weighted by Gasteiger charge is -2.14. The van der Waals surface area contributed by atoms with Crippen LogP contribution in [0.2, 0.25) is 0 Å². The number of rotatable bonds is 4. The second-order valence-electron chi connectivity index (χ2n) is 6.67. The van der Waals surface area contributed by atoms with Gasteiger partial charge in [-0.1, -0.05) is 24.3 Å². The molecule has 3 aromatic rings. The maximum Gasteiger partial charge on any atom is 0.175 e. The zero-order chi connectivity index (χ0) is 19.6. The first-order chi connectivity index (χ1) is 12.8. The van der Waals surface area contributed by atoms with Gasteiger partial charge in [-0.25, -0.2) is 0 Å². The Bertz CT molecular complexity index is 994. The van der Waals surface area contributed by atoms with Crippen molar-refractivity contribution in [2.45, 2.75) is 34.2 Å². The second kappa shape index (κ2) is 8.23. The number of aryl methyl sites for hydroxylation is 2. The van der Waals surface area contributed by atoms with Crippen LogP contribution in [0.4, 0.5) is 11.4 Å². The predicted molar refractivity (Wildman–Crippen MR) is 121 cm³/mol. The number of anilines is 2. The van der Waals surface area contributed by atoms with Crippen LogP contribution in [-0.2, 0) is 6.54 Å². The van der Waals surface area contributed by atoms with Gasteiger partial charge in [-0.05, 0) is 90.7 Å². The molecule has 0 spiro atoms. The highest BCUT2D eigenvalue weighted by Gasteiger charge is 2.09. The van der Waals surface area contributed by atoms with Crippen molar-refractivity contribution in [1.82, 2.24) is 9.78 Å². The molecular formula is C21H23BrN4S. The Labute approximate surface area is 174 Å². The van der Waals surface area contributed by atoms with E-state index in [-0.39, 0.29) is 0 Å². The van der Waals surface area contributed by atoms with E-state index in [1.165, 1.54) is 11.1 Å². The molecule has 0 atom stereocenters. The third-order valence-corrected chi connectivity index (χ3v) is 6.01. The Morgan fingerprint density at radius 3 is 2.52 bits per heavy atom. The Morgan fingerprint density at radius 2 is 1.81 bits per heavy atom. The molecule has 3 rings (SSSR count). The summed E-state index contributed by atoms with van der Waals surface area (Å²) in [5.74, 6) is 0. The largest absolute Gasteiger partial charge is 0.332 e. The van der Waals surface area contributed by atoms with E-state index in [0.717, 1.165) is 32.8 Å². The summed E-state index contributed by atoms with van der Waals surface area (Å²) in [6.45, 7) is 8.97. The number of benzene rings is 2. The van der Waals surface area contributed by atoms with Crippen molar-refractivity contribution in [2.75, 3.05) is 10.6 Å². The first-order valence-corrected chi connectivity index (χ1v) is 9.98. The highest BCUT2D eigenvalue weighted by molar-refractivity contribution is 9.10. The molecule has 2 N–H and O–H groups in total. The van der Waals surface area contributed by atoms with Crippen molar-refractivity contribution in [3.8, 4) is 0 Å². The average molecular weight is 443 g/mol. The molecule has 0 fully saturated rings. The third kappa shape index (κ3) is 4.57. The van der Waals surface area contributed by atoms with Crippen LogP contribution in [0, 0.1) is 27.7 Å². The van der Waals surface area contributed by atoms with Gasteiger partial charge in [0.25, 0.3) is 0 Å². The molecule has 140 valence electrons. The lowest BCUT2D eigenvalue weighted by atomic mass is 10.1. The summed E-state index contributed by atoms with van der Waals surface area (Å²) < 4.78 is 3.07. The van der Waals surface area contributed by atoms with Crippen molar-refractivity contribution in [1.29, 1.82) is 0 Å². The summed E-state index contributed by atoms with van der Waals surface area (Å²) in [6, 6.07) is 14.4. The molecule has 1 heterocycles. The molecule has 0 aliphatic carbocycles. The van der Waals surface area contributed by atoms with Gasteiger partial charge in [-0.15, -0.1) is 0 Å². The SMILES string of the molecule is Cc1cccc(NC(=S)Nc2cccc(Cn3nc(C)c(Br)c3C)c2)c1C. The summed E-state index contributed by atoms with van der Waals surface area (Å²) in [5, 5.41) is 11.7. The fourth-order valence-electron chi connectivity index (χ4n) is 2.92. The van der Waals surface area contributed by atoms with Crippen molar-refractivity contribution in [2.24, 2.45) is 0 Å². The second-order valence-corrected chi connectivity index (χ2v) is 7.87. The molecule has 0 aliphatic heterocycles. The normalized spacial score (nSPS) is 10.7. The van der Waals surface area contributed by atoms with Crippen LogP contribution in [0.25, 0.3) is 0 Å². The summed E-state index contributed by atoms with van der Waals surface area (Å²) in [6.07, 6.45) is 0. The number of nitrogens with one attached hydrogen (secondary N) is 2. The Balaban J connectivity index is 1.71. The van der Waals surface area contributed by atoms with E-state index >= 15 is 0 Å². The number of thiocarbonyl (C=S) groups is 1. The van der Waals surface area contributed by atoms with Crippen LogP contribution in [0.5, 0.6) is 0 Å². The quantitative estimate of drug-likeness (QED) is 0.505. The highest BCUT2D eigenvalue weighted by Crippen LogP contribution is 2.22. The number of hydrogen-bond acceptors (Lipinski definition) is 2. The number of hydrogen-bond donors (Lipinski definition) is 2. The molecule has 0 saturated heterocycles. The molecule has 27 heavy (non-hydrogen) atoms. The van der Waals surface area contributed by atoms with E-state index in [1.807, 2.05) is 35.9 Å². The maximum absolute atomic E-state index is 5.49. The van der Waals surface area contributed by atoms with E-state index in [9.17, 15) is 0 Å². The van der Waals surface area contributed by atoms with Crippen molar-refractivity contribution in [3.63, 3.8) is 0 Å². The standard InChI is InChI=1S/C21H23BrN4S/c1-13-7-5-10-19(14(13)2)24-21(27)23-18-9-6-8-17(11-18)12-26-16(4)20(22)15(3)25-26/h5-11H,12H2,1-4H3,(H2,23,24,27).